The number of aliphatic carboxylic acids is 1. The zero-order chi connectivity index (χ0) is 11.8. The first-order valence-electron chi connectivity index (χ1n) is 4.47. The van der Waals surface area contributed by atoms with Gasteiger partial charge in [0, 0.05) is 6.54 Å². The summed E-state index contributed by atoms with van der Waals surface area (Å²) in [5, 5.41) is 19.8. The molecule has 15 heavy (non-hydrogen) atoms. The van der Waals surface area contributed by atoms with Crippen molar-refractivity contribution in [2.75, 3.05) is 19.8 Å². The predicted octanol–water partition coefficient (Wildman–Crippen LogP) is -2.09. The number of aliphatic hydroxyl groups excluding tert-OH is 1. The molecule has 0 saturated carbocycles. The quantitative estimate of drug-likeness (QED) is 0.365. The molecule has 0 aromatic heterocycles. The van der Waals surface area contributed by atoms with Gasteiger partial charge in [-0.2, -0.15) is 0 Å². The van der Waals surface area contributed by atoms with E-state index in [1.54, 1.807) is 0 Å². The standard InChI is InChI=1S/C8H16N2O5/c1-5(11)7(8(13)14)10-6(12)4-15-3-2-9/h5,7,11H,2-4,9H2,1H3,(H,10,12)(H,13,14)/t5-,7+/m1/s1. The highest BCUT2D eigenvalue weighted by Crippen LogP contribution is 1.92. The van der Waals surface area contributed by atoms with Gasteiger partial charge in [-0.3, -0.25) is 4.79 Å². The summed E-state index contributed by atoms with van der Waals surface area (Å²) in [5.74, 6) is -1.89. The third kappa shape index (κ3) is 6.00. The van der Waals surface area contributed by atoms with Gasteiger partial charge in [0.05, 0.1) is 12.7 Å². The third-order valence-corrected chi connectivity index (χ3v) is 1.56. The van der Waals surface area contributed by atoms with Crippen LogP contribution in [0.2, 0.25) is 0 Å². The monoisotopic (exact) mass is 220 g/mol. The molecule has 0 rings (SSSR count). The number of nitrogens with two attached hydrogens (primary N) is 1. The molecule has 0 aromatic carbocycles. The van der Waals surface area contributed by atoms with Gasteiger partial charge >= 0.3 is 5.97 Å². The molecule has 0 aliphatic carbocycles. The Balaban J connectivity index is 3.95. The lowest BCUT2D eigenvalue weighted by Crippen LogP contribution is -2.48. The molecule has 0 bridgehead atoms. The summed E-state index contributed by atoms with van der Waals surface area (Å²) < 4.78 is 4.79. The molecule has 0 aliphatic rings. The zero-order valence-electron chi connectivity index (χ0n) is 8.47. The van der Waals surface area contributed by atoms with Gasteiger partial charge in [-0.25, -0.2) is 4.79 Å². The molecule has 7 heteroatoms. The second-order valence-electron chi connectivity index (χ2n) is 2.97. The van der Waals surface area contributed by atoms with E-state index in [0.29, 0.717) is 0 Å². The van der Waals surface area contributed by atoms with Gasteiger partial charge in [0.2, 0.25) is 5.91 Å². The fourth-order valence-corrected chi connectivity index (χ4v) is 0.852. The van der Waals surface area contributed by atoms with Crippen molar-refractivity contribution in [2.45, 2.75) is 19.1 Å². The molecule has 5 N–H and O–H groups in total. The number of ether oxygens (including phenoxy) is 1. The molecule has 0 saturated heterocycles. The van der Waals surface area contributed by atoms with Crippen molar-refractivity contribution in [1.29, 1.82) is 0 Å². The summed E-state index contributed by atoms with van der Waals surface area (Å²) >= 11 is 0. The van der Waals surface area contributed by atoms with Gasteiger partial charge in [0.1, 0.15) is 6.61 Å². The minimum absolute atomic E-state index is 0.222. The topological polar surface area (TPSA) is 122 Å². The summed E-state index contributed by atoms with van der Waals surface area (Å²) in [6.07, 6.45) is -1.17. The largest absolute Gasteiger partial charge is 0.480 e. The number of aliphatic hydroxyl groups is 1. The molecule has 2 atom stereocenters. The van der Waals surface area contributed by atoms with Gasteiger partial charge in [0.15, 0.2) is 6.04 Å². The van der Waals surface area contributed by atoms with Crippen molar-refractivity contribution in [1.82, 2.24) is 5.32 Å². The molecular formula is C8H16N2O5. The Labute approximate surface area is 87.2 Å². The Kier molecular flexibility index (Phi) is 6.59. The van der Waals surface area contributed by atoms with E-state index in [2.05, 4.69) is 5.32 Å². The van der Waals surface area contributed by atoms with Crippen molar-refractivity contribution in [3.8, 4) is 0 Å². The van der Waals surface area contributed by atoms with Crippen molar-refractivity contribution in [3.63, 3.8) is 0 Å². The van der Waals surface area contributed by atoms with Crippen molar-refractivity contribution >= 4 is 11.9 Å². The third-order valence-electron chi connectivity index (χ3n) is 1.56. The van der Waals surface area contributed by atoms with Gasteiger partial charge in [-0.1, -0.05) is 0 Å². The average molecular weight is 220 g/mol. The molecule has 0 heterocycles. The molecule has 0 aromatic rings. The summed E-state index contributed by atoms with van der Waals surface area (Å²) in [6.45, 7) is 1.51. The van der Waals surface area contributed by atoms with Crippen molar-refractivity contribution in [2.24, 2.45) is 5.73 Å². The maximum Gasteiger partial charge on any atom is 0.328 e. The van der Waals surface area contributed by atoms with Crippen LogP contribution < -0.4 is 11.1 Å². The lowest BCUT2D eigenvalue weighted by Gasteiger charge is -2.16. The maximum absolute atomic E-state index is 11.1. The number of hydrogen-bond acceptors (Lipinski definition) is 5. The van der Waals surface area contributed by atoms with E-state index in [4.69, 9.17) is 20.7 Å². The number of carbonyl (C=O) groups excluding carboxylic acids is 1. The Hall–Kier alpha value is -1.18. The molecule has 0 unspecified atom stereocenters. The molecule has 1 amide bonds. The highest BCUT2D eigenvalue weighted by molar-refractivity contribution is 5.84. The fourth-order valence-electron chi connectivity index (χ4n) is 0.852. The Morgan fingerprint density at radius 3 is 2.53 bits per heavy atom. The molecular weight excluding hydrogens is 204 g/mol. The summed E-state index contributed by atoms with van der Waals surface area (Å²) in [6, 6.07) is -1.32. The van der Waals surface area contributed by atoms with Crippen LogP contribution in [0.25, 0.3) is 0 Å². The summed E-state index contributed by atoms with van der Waals surface area (Å²) in [5.41, 5.74) is 5.12. The molecule has 88 valence electrons. The smallest absolute Gasteiger partial charge is 0.328 e. The SMILES string of the molecule is C[C@@H](O)[C@H](NC(=O)COCCN)C(=O)O. The number of nitrogens with one attached hydrogen (secondary N) is 1. The molecule has 0 aliphatic heterocycles. The lowest BCUT2D eigenvalue weighted by molar-refractivity contribution is -0.145. The molecule has 0 fully saturated rings. The van der Waals surface area contributed by atoms with E-state index in [-0.39, 0.29) is 19.8 Å². The van der Waals surface area contributed by atoms with Gasteiger partial charge < -0.3 is 26.0 Å². The normalized spacial score (nSPS) is 14.3. The first kappa shape index (κ1) is 13.8. The van der Waals surface area contributed by atoms with Crippen LogP contribution in [0.15, 0.2) is 0 Å². The Morgan fingerprint density at radius 2 is 2.13 bits per heavy atom. The van der Waals surface area contributed by atoms with Crippen LogP contribution in [0.4, 0.5) is 0 Å². The van der Waals surface area contributed by atoms with Gasteiger partial charge in [0.25, 0.3) is 0 Å². The lowest BCUT2D eigenvalue weighted by atomic mass is 10.2. The van der Waals surface area contributed by atoms with Gasteiger partial charge in [-0.05, 0) is 6.92 Å². The van der Waals surface area contributed by atoms with Crippen molar-refractivity contribution in [3.05, 3.63) is 0 Å². The predicted molar refractivity (Wildman–Crippen MR) is 51.1 cm³/mol. The van der Waals surface area contributed by atoms with Crippen LogP contribution >= 0.6 is 0 Å². The second kappa shape index (κ2) is 7.16. The molecule has 0 spiro atoms. The van der Waals surface area contributed by atoms with Crippen LogP contribution in [0.5, 0.6) is 0 Å². The van der Waals surface area contributed by atoms with Crippen LogP contribution in [0.3, 0.4) is 0 Å². The van der Waals surface area contributed by atoms with Crippen LogP contribution in [-0.2, 0) is 14.3 Å². The van der Waals surface area contributed by atoms with E-state index in [9.17, 15) is 9.59 Å². The minimum Gasteiger partial charge on any atom is -0.480 e. The Morgan fingerprint density at radius 1 is 1.53 bits per heavy atom. The van der Waals surface area contributed by atoms with Crippen LogP contribution in [0, 0.1) is 0 Å². The van der Waals surface area contributed by atoms with E-state index < -0.39 is 24.0 Å². The van der Waals surface area contributed by atoms with Crippen LogP contribution in [-0.4, -0.2) is 54.0 Å². The summed E-state index contributed by atoms with van der Waals surface area (Å²) in [7, 11) is 0. The van der Waals surface area contributed by atoms with Crippen LogP contribution in [0.1, 0.15) is 6.92 Å². The molecule has 0 radical (unpaired) electrons. The van der Waals surface area contributed by atoms with Gasteiger partial charge in [-0.15, -0.1) is 0 Å². The van der Waals surface area contributed by atoms with Crippen molar-refractivity contribution < 1.29 is 24.5 Å². The fraction of sp³-hybridized carbons (Fsp3) is 0.750. The number of carboxylic acid groups (broad SMARTS) is 1. The average Bonchev–Trinajstić information content (AvgIpc) is 2.13. The Bertz CT molecular complexity index is 219. The second-order valence-corrected chi connectivity index (χ2v) is 2.97. The maximum atomic E-state index is 11.1. The highest BCUT2D eigenvalue weighted by atomic mass is 16.5. The van der Waals surface area contributed by atoms with E-state index in [1.807, 2.05) is 0 Å². The van der Waals surface area contributed by atoms with E-state index in [0.717, 1.165) is 0 Å². The minimum atomic E-state index is -1.32. The van der Waals surface area contributed by atoms with E-state index in [1.165, 1.54) is 6.92 Å². The number of rotatable bonds is 7. The first-order chi connectivity index (χ1) is 6.99. The number of amides is 1. The summed E-state index contributed by atoms with van der Waals surface area (Å²) in [4.78, 5) is 21.7. The number of carboxylic acids is 1. The first-order valence-corrected chi connectivity index (χ1v) is 4.47. The molecule has 7 nitrogen and oxygen atoms in total. The highest BCUT2D eigenvalue weighted by Gasteiger charge is 2.24. The number of carbonyl (C=O) groups is 2. The van der Waals surface area contributed by atoms with E-state index >= 15 is 0 Å². The zero-order valence-corrected chi connectivity index (χ0v) is 8.47. The number of hydrogen-bond donors (Lipinski definition) is 4.